The fourth-order valence-electron chi connectivity index (χ4n) is 4.31. The summed E-state index contributed by atoms with van der Waals surface area (Å²) in [6.07, 6.45) is 3.08. The first kappa shape index (κ1) is 22.0. The van der Waals surface area contributed by atoms with E-state index in [0.29, 0.717) is 17.1 Å². The molecule has 170 valence electrons. The second kappa shape index (κ2) is 9.20. The number of carbonyl (C=O) groups is 1. The van der Waals surface area contributed by atoms with Gasteiger partial charge in [-0.15, -0.1) is 0 Å². The molecule has 4 aromatic rings. The Morgan fingerprint density at radius 2 is 1.77 bits per heavy atom. The summed E-state index contributed by atoms with van der Waals surface area (Å²) in [6.45, 7) is 2.01. The normalized spacial score (nSPS) is 14.9. The third-order valence-corrected chi connectivity index (χ3v) is 6.03. The molecular formula is C30H22N2O3. The summed E-state index contributed by atoms with van der Waals surface area (Å²) in [5.74, 6) is -0.0886. The number of fused-ring (bicyclic) bond motifs is 2. The molecule has 1 aliphatic heterocycles. The summed E-state index contributed by atoms with van der Waals surface area (Å²) in [7, 11) is 0. The van der Waals surface area contributed by atoms with Crippen molar-refractivity contribution in [2.45, 2.75) is 12.8 Å². The van der Waals surface area contributed by atoms with Gasteiger partial charge in [-0.2, -0.15) is 5.26 Å². The molecule has 5 rings (SSSR count). The number of carbonyl (C=O) groups excluding carboxylic acids is 1. The summed E-state index contributed by atoms with van der Waals surface area (Å²) in [5, 5.41) is 12.0. The largest absolute Gasteiger partial charge is 0.440 e. The number of aryl methyl sites for hydroxylation is 1. The second-order valence-corrected chi connectivity index (χ2v) is 8.36. The molecule has 4 aromatic carbocycles. The van der Waals surface area contributed by atoms with Crippen molar-refractivity contribution >= 4 is 22.8 Å². The van der Waals surface area contributed by atoms with Crippen molar-refractivity contribution in [1.82, 2.24) is 0 Å². The predicted molar refractivity (Wildman–Crippen MR) is 136 cm³/mol. The van der Waals surface area contributed by atoms with Crippen molar-refractivity contribution < 1.29 is 14.3 Å². The third kappa shape index (κ3) is 4.38. The van der Waals surface area contributed by atoms with Crippen LogP contribution in [0.1, 0.15) is 28.2 Å². The van der Waals surface area contributed by atoms with Gasteiger partial charge in [-0.1, -0.05) is 78.4 Å². The number of rotatable bonds is 4. The van der Waals surface area contributed by atoms with Gasteiger partial charge < -0.3 is 15.2 Å². The maximum Gasteiger partial charge on any atom is 0.336 e. The molecule has 2 N–H and O–H groups in total. The van der Waals surface area contributed by atoms with Crippen molar-refractivity contribution in [1.29, 1.82) is 5.26 Å². The molecule has 1 atom stereocenters. The Hall–Kier alpha value is -4.82. The quantitative estimate of drug-likeness (QED) is 0.231. The SMILES string of the molecule is Cc1ccc(/C=C/C(=O)Oc2ccc3c(c2)OC(N)=C(C#N)C3c2cccc3ccccc23)cc1. The highest BCUT2D eigenvalue weighted by Gasteiger charge is 2.32. The zero-order chi connectivity index (χ0) is 24.4. The standard InChI is InChI=1S/C30H22N2O3/c1-19-9-11-20(12-10-19)13-16-28(33)34-22-14-15-25-27(17-22)35-30(32)26(18-31)29(25)24-8-4-6-21-5-2-3-7-23(21)24/h2-17,29H,32H2,1H3/b16-13+. The van der Waals surface area contributed by atoms with Gasteiger partial charge in [0.15, 0.2) is 0 Å². The van der Waals surface area contributed by atoms with Crippen LogP contribution in [0.4, 0.5) is 0 Å². The Morgan fingerprint density at radius 3 is 2.57 bits per heavy atom. The van der Waals surface area contributed by atoms with E-state index in [2.05, 4.69) is 6.07 Å². The van der Waals surface area contributed by atoms with Crippen LogP contribution >= 0.6 is 0 Å². The average Bonchev–Trinajstić information content (AvgIpc) is 2.87. The summed E-state index contributed by atoms with van der Waals surface area (Å²) >= 11 is 0. The average molecular weight is 459 g/mol. The number of nitrogens with two attached hydrogens (primary N) is 1. The zero-order valence-corrected chi connectivity index (χ0v) is 19.1. The lowest BCUT2D eigenvalue weighted by molar-refractivity contribution is -0.128. The Balaban J connectivity index is 1.47. The van der Waals surface area contributed by atoms with Crippen LogP contribution < -0.4 is 15.2 Å². The van der Waals surface area contributed by atoms with Crippen LogP contribution in [0.3, 0.4) is 0 Å². The van der Waals surface area contributed by atoms with Gasteiger partial charge >= 0.3 is 5.97 Å². The number of benzene rings is 4. The molecule has 0 fully saturated rings. The van der Waals surface area contributed by atoms with Crippen molar-refractivity contribution in [3.8, 4) is 17.6 Å². The number of nitrogens with zero attached hydrogens (tertiary/aromatic N) is 1. The van der Waals surface area contributed by atoms with Gasteiger partial charge in [0.2, 0.25) is 5.88 Å². The van der Waals surface area contributed by atoms with Gasteiger partial charge in [-0.3, -0.25) is 0 Å². The van der Waals surface area contributed by atoms with E-state index in [1.54, 1.807) is 18.2 Å². The lowest BCUT2D eigenvalue weighted by atomic mass is 9.81. The molecule has 1 heterocycles. The van der Waals surface area contributed by atoms with E-state index < -0.39 is 11.9 Å². The molecule has 0 aromatic heterocycles. The van der Waals surface area contributed by atoms with E-state index in [-0.39, 0.29) is 5.88 Å². The molecule has 0 bridgehead atoms. The van der Waals surface area contributed by atoms with Crippen molar-refractivity contribution in [2.75, 3.05) is 0 Å². The van der Waals surface area contributed by atoms with Crippen LogP contribution in [0.25, 0.3) is 16.8 Å². The van der Waals surface area contributed by atoms with Crippen LogP contribution in [0.5, 0.6) is 11.5 Å². The topological polar surface area (TPSA) is 85.3 Å². The molecule has 5 heteroatoms. The van der Waals surface area contributed by atoms with E-state index in [4.69, 9.17) is 15.2 Å². The number of hydrogen-bond acceptors (Lipinski definition) is 5. The fourth-order valence-corrected chi connectivity index (χ4v) is 4.31. The molecular weight excluding hydrogens is 436 g/mol. The first-order chi connectivity index (χ1) is 17.0. The van der Waals surface area contributed by atoms with Crippen molar-refractivity contribution in [2.24, 2.45) is 5.73 Å². The van der Waals surface area contributed by atoms with E-state index in [0.717, 1.165) is 33.0 Å². The molecule has 1 unspecified atom stereocenters. The Labute approximate surface area is 203 Å². The number of ether oxygens (including phenoxy) is 2. The second-order valence-electron chi connectivity index (χ2n) is 8.36. The number of allylic oxidation sites excluding steroid dienone is 1. The van der Waals surface area contributed by atoms with Crippen molar-refractivity contribution in [3.63, 3.8) is 0 Å². The van der Waals surface area contributed by atoms with E-state index in [1.165, 1.54) is 6.08 Å². The molecule has 0 radical (unpaired) electrons. The highest BCUT2D eigenvalue weighted by atomic mass is 16.5. The number of hydrogen-bond donors (Lipinski definition) is 1. The molecule has 0 amide bonds. The Bertz CT molecular complexity index is 1540. The molecule has 35 heavy (non-hydrogen) atoms. The summed E-state index contributed by atoms with van der Waals surface area (Å²) in [4.78, 5) is 12.4. The number of esters is 1. The number of nitriles is 1. The van der Waals surface area contributed by atoms with Crippen molar-refractivity contribution in [3.05, 3.63) is 125 Å². The minimum absolute atomic E-state index is 0.0423. The van der Waals surface area contributed by atoms with Gasteiger partial charge in [0, 0.05) is 17.7 Å². The van der Waals surface area contributed by atoms with Gasteiger partial charge in [-0.25, -0.2) is 4.79 Å². The van der Waals surface area contributed by atoms with Crippen LogP contribution in [-0.2, 0) is 4.79 Å². The zero-order valence-electron chi connectivity index (χ0n) is 19.1. The minimum Gasteiger partial charge on any atom is -0.440 e. The fraction of sp³-hybridized carbons (Fsp3) is 0.0667. The lowest BCUT2D eigenvalue weighted by Gasteiger charge is -2.27. The molecule has 0 saturated carbocycles. The molecule has 1 aliphatic rings. The third-order valence-electron chi connectivity index (χ3n) is 6.03. The first-order valence-electron chi connectivity index (χ1n) is 11.2. The predicted octanol–water partition coefficient (Wildman–Crippen LogP) is 5.99. The molecule has 0 saturated heterocycles. The maximum absolute atomic E-state index is 12.4. The minimum atomic E-state index is -0.506. The highest BCUT2D eigenvalue weighted by Crippen LogP contribution is 2.45. The maximum atomic E-state index is 12.4. The van der Waals surface area contributed by atoms with Gasteiger partial charge in [0.1, 0.15) is 23.1 Å². The van der Waals surface area contributed by atoms with Gasteiger partial charge in [-0.05, 0) is 41.0 Å². The van der Waals surface area contributed by atoms with Crippen LogP contribution in [-0.4, -0.2) is 5.97 Å². The van der Waals surface area contributed by atoms with Crippen LogP contribution in [0, 0.1) is 18.3 Å². The molecule has 0 aliphatic carbocycles. The molecule has 0 spiro atoms. The molecule has 5 nitrogen and oxygen atoms in total. The van der Waals surface area contributed by atoms with Gasteiger partial charge in [0.25, 0.3) is 0 Å². The van der Waals surface area contributed by atoms with Gasteiger partial charge in [0.05, 0.1) is 5.92 Å². The summed E-state index contributed by atoms with van der Waals surface area (Å²) in [6, 6.07) is 29.2. The smallest absolute Gasteiger partial charge is 0.336 e. The lowest BCUT2D eigenvalue weighted by Crippen LogP contribution is -2.21. The van der Waals surface area contributed by atoms with E-state index in [1.807, 2.05) is 79.7 Å². The highest BCUT2D eigenvalue weighted by molar-refractivity contribution is 5.89. The summed E-state index contributed by atoms with van der Waals surface area (Å²) in [5.41, 5.74) is 10.3. The van der Waals surface area contributed by atoms with Crippen LogP contribution in [0.15, 0.2) is 102 Å². The van der Waals surface area contributed by atoms with E-state index >= 15 is 0 Å². The summed E-state index contributed by atoms with van der Waals surface area (Å²) < 4.78 is 11.3. The monoisotopic (exact) mass is 458 g/mol. The first-order valence-corrected chi connectivity index (χ1v) is 11.2. The Kier molecular flexibility index (Phi) is 5.78. The Morgan fingerprint density at radius 1 is 1.00 bits per heavy atom. The van der Waals surface area contributed by atoms with E-state index in [9.17, 15) is 10.1 Å². The van der Waals surface area contributed by atoms with Crippen LogP contribution in [0.2, 0.25) is 0 Å².